The third-order valence-electron chi connectivity index (χ3n) is 4.23. The third kappa shape index (κ3) is 3.16. The van der Waals surface area contributed by atoms with E-state index in [0.717, 1.165) is 25.1 Å². The Bertz CT molecular complexity index is 418. The van der Waals surface area contributed by atoms with E-state index in [0.29, 0.717) is 12.0 Å². The van der Waals surface area contributed by atoms with Crippen LogP contribution >= 0.6 is 0 Å². The first kappa shape index (κ1) is 14.1. The molecular weight excluding hydrogens is 236 g/mol. The maximum Gasteiger partial charge on any atom is 0.244 e. The number of amides is 1. The Labute approximate surface area is 116 Å². The second-order valence-corrected chi connectivity index (χ2v) is 5.51. The standard InChI is InChI=1S/C16H24N2O/c1-4-12(2)13(3)17-15-10-11-18(16(15)19)14-8-6-5-7-9-14/h5-9,12-13,15,17H,4,10-11H2,1-3H3/t12-,13+,15+/m0/s1. The van der Waals surface area contributed by atoms with Gasteiger partial charge in [0.1, 0.15) is 0 Å². The fourth-order valence-corrected chi connectivity index (χ4v) is 2.53. The van der Waals surface area contributed by atoms with Gasteiger partial charge in [-0.25, -0.2) is 0 Å². The maximum atomic E-state index is 12.4. The Balaban J connectivity index is 1.99. The first-order valence-electron chi connectivity index (χ1n) is 7.26. The van der Waals surface area contributed by atoms with E-state index < -0.39 is 0 Å². The zero-order valence-electron chi connectivity index (χ0n) is 12.1. The van der Waals surface area contributed by atoms with Gasteiger partial charge < -0.3 is 10.2 Å². The lowest BCUT2D eigenvalue weighted by molar-refractivity contribution is -0.119. The van der Waals surface area contributed by atoms with Crippen LogP contribution in [-0.4, -0.2) is 24.5 Å². The number of anilines is 1. The maximum absolute atomic E-state index is 12.4. The summed E-state index contributed by atoms with van der Waals surface area (Å²) < 4.78 is 0. The molecule has 1 saturated heterocycles. The number of benzene rings is 1. The second-order valence-electron chi connectivity index (χ2n) is 5.51. The first-order chi connectivity index (χ1) is 9.13. The topological polar surface area (TPSA) is 32.3 Å². The lowest BCUT2D eigenvalue weighted by Gasteiger charge is -2.24. The summed E-state index contributed by atoms with van der Waals surface area (Å²) in [7, 11) is 0. The molecule has 0 unspecified atom stereocenters. The van der Waals surface area contributed by atoms with Crippen LogP contribution in [0.2, 0.25) is 0 Å². The van der Waals surface area contributed by atoms with Crippen LogP contribution in [0, 0.1) is 5.92 Å². The van der Waals surface area contributed by atoms with Crippen LogP contribution in [0.25, 0.3) is 0 Å². The summed E-state index contributed by atoms with van der Waals surface area (Å²) in [6.45, 7) is 7.40. The Morgan fingerprint density at radius 2 is 2.00 bits per heavy atom. The fraction of sp³-hybridized carbons (Fsp3) is 0.562. The van der Waals surface area contributed by atoms with E-state index in [4.69, 9.17) is 0 Å². The Morgan fingerprint density at radius 3 is 2.63 bits per heavy atom. The van der Waals surface area contributed by atoms with Gasteiger partial charge in [0.25, 0.3) is 0 Å². The fourth-order valence-electron chi connectivity index (χ4n) is 2.53. The molecule has 1 aromatic carbocycles. The SMILES string of the molecule is CC[C@H](C)[C@@H](C)N[C@@H]1CCN(c2ccccc2)C1=O. The second kappa shape index (κ2) is 6.20. The van der Waals surface area contributed by atoms with Gasteiger partial charge in [-0.05, 0) is 31.4 Å². The van der Waals surface area contributed by atoms with Crippen LogP contribution in [0.4, 0.5) is 5.69 Å². The number of hydrogen-bond acceptors (Lipinski definition) is 2. The van der Waals surface area contributed by atoms with Crippen molar-refractivity contribution in [3.63, 3.8) is 0 Å². The van der Waals surface area contributed by atoms with Crippen molar-refractivity contribution in [1.82, 2.24) is 5.32 Å². The molecule has 1 amide bonds. The van der Waals surface area contributed by atoms with Crippen molar-refractivity contribution in [1.29, 1.82) is 0 Å². The minimum atomic E-state index is -0.0239. The van der Waals surface area contributed by atoms with Gasteiger partial charge in [-0.1, -0.05) is 38.5 Å². The van der Waals surface area contributed by atoms with Gasteiger partial charge in [0.05, 0.1) is 6.04 Å². The minimum Gasteiger partial charge on any atom is -0.311 e. The number of rotatable bonds is 5. The predicted molar refractivity (Wildman–Crippen MR) is 79.3 cm³/mol. The number of nitrogens with zero attached hydrogens (tertiary/aromatic N) is 1. The lowest BCUT2D eigenvalue weighted by atomic mass is 10.00. The van der Waals surface area contributed by atoms with E-state index in [1.807, 2.05) is 35.2 Å². The summed E-state index contributed by atoms with van der Waals surface area (Å²) in [6.07, 6.45) is 2.03. The summed E-state index contributed by atoms with van der Waals surface area (Å²) in [6, 6.07) is 10.3. The summed E-state index contributed by atoms with van der Waals surface area (Å²) >= 11 is 0. The van der Waals surface area contributed by atoms with Gasteiger partial charge >= 0.3 is 0 Å². The Morgan fingerprint density at radius 1 is 1.32 bits per heavy atom. The average molecular weight is 260 g/mol. The molecule has 1 N–H and O–H groups in total. The van der Waals surface area contributed by atoms with Crippen molar-refractivity contribution < 1.29 is 4.79 Å². The van der Waals surface area contributed by atoms with Gasteiger partial charge in [0.15, 0.2) is 0 Å². The molecular formula is C16H24N2O. The van der Waals surface area contributed by atoms with Gasteiger partial charge in [0, 0.05) is 18.3 Å². The van der Waals surface area contributed by atoms with Crippen LogP contribution < -0.4 is 10.2 Å². The van der Waals surface area contributed by atoms with E-state index in [2.05, 4.69) is 26.1 Å². The summed E-state index contributed by atoms with van der Waals surface area (Å²) in [4.78, 5) is 14.3. The lowest BCUT2D eigenvalue weighted by Crippen LogP contribution is -2.44. The minimum absolute atomic E-state index is 0.0239. The number of carbonyl (C=O) groups is 1. The highest BCUT2D eigenvalue weighted by molar-refractivity contribution is 5.99. The highest BCUT2D eigenvalue weighted by Crippen LogP contribution is 2.22. The van der Waals surface area contributed by atoms with Gasteiger partial charge in [-0.2, -0.15) is 0 Å². The summed E-state index contributed by atoms with van der Waals surface area (Å²) in [5.41, 5.74) is 1.01. The Kier molecular flexibility index (Phi) is 4.59. The molecule has 2 rings (SSSR count). The van der Waals surface area contributed by atoms with E-state index >= 15 is 0 Å². The van der Waals surface area contributed by atoms with Crippen molar-refractivity contribution in [2.75, 3.05) is 11.4 Å². The molecule has 104 valence electrons. The van der Waals surface area contributed by atoms with Crippen LogP contribution in [-0.2, 0) is 4.79 Å². The Hall–Kier alpha value is -1.35. The van der Waals surface area contributed by atoms with Crippen molar-refractivity contribution in [2.45, 2.75) is 45.7 Å². The molecule has 0 aliphatic carbocycles. The van der Waals surface area contributed by atoms with Gasteiger partial charge in [0.2, 0.25) is 5.91 Å². The highest BCUT2D eigenvalue weighted by atomic mass is 16.2. The largest absolute Gasteiger partial charge is 0.311 e. The molecule has 3 atom stereocenters. The molecule has 19 heavy (non-hydrogen) atoms. The van der Waals surface area contributed by atoms with E-state index in [-0.39, 0.29) is 11.9 Å². The predicted octanol–water partition coefficient (Wildman–Crippen LogP) is 2.82. The molecule has 0 saturated carbocycles. The van der Waals surface area contributed by atoms with Crippen LogP contribution in [0.1, 0.15) is 33.6 Å². The molecule has 1 heterocycles. The van der Waals surface area contributed by atoms with Crippen molar-refractivity contribution in [3.05, 3.63) is 30.3 Å². The number of nitrogens with one attached hydrogen (secondary N) is 1. The molecule has 3 heteroatoms. The molecule has 1 aliphatic rings. The van der Waals surface area contributed by atoms with Gasteiger partial charge in [-0.15, -0.1) is 0 Å². The zero-order chi connectivity index (χ0) is 13.8. The quantitative estimate of drug-likeness (QED) is 0.883. The summed E-state index contributed by atoms with van der Waals surface area (Å²) in [5, 5.41) is 3.49. The first-order valence-corrected chi connectivity index (χ1v) is 7.26. The van der Waals surface area contributed by atoms with E-state index in [1.54, 1.807) is 0 Å². The molecule has 3 nitrogen and oxygen atoms in total. The van der Waals surface area contributed by atoms with Crippen molar-refractivity contribution in [3.8, 4) is 0 Å². The third-order valence-corrected chi connectivity index (χ3v) is 4.23. The van der Waals surface area contributed by atoms with Crippen LogP contribution in [0.3, 0.4) is 0 Å². The number of hydrogen-bond donors (Lipinski definition) is 1. The molecule has 0 spiro atoms. The normalized spacial score (nSPS) is 22.6. The van der Waals surface area contributed by atoms with Crippen molar-refractivity contribution in [2.24, 2.45) is 5.92 Å². The van der Waals surface area contributed by atoms with Gasteiger partial charge in [-0.3, -0.25) is 4.79 Å². The average Bonchev–Trinajstić information content (AvgIpc) is 2.80. The van der Waals surface area contributed by atoms with E-state index in [9.17, 15) is 4.79 Å². The molecule has 1 aliphatic heterocycles. The zero-order valence-corrected chi connectivity index (χ0v) is 12.1. The molecule has 1 aromatic rings. The number of carbonyl (C=O) groups excluding carboxylic acids is 1. The smallest absolute Gasteiger partial charge is 0.244 e. The molecule has 0 aromatic heterocycles. The van der Waals surface area contributed by atoms with Crippen LogP contribution in [0.15, 0.2) is 30.3 Å². The molecule has 1 fully saturated rings. The highest BCUT2D eigenvalue weighted by Gasteiger charge is 2.33. The van der Waals surface area contributed by atoms with Crippen molar-refractivity contribution >= 4 is 11.6 Å². The molecule has 0 bridgehead atoms. The molecule has 0 radical (unpaired) electrons. The van der Waals surface area contributed by atoms with Crippen LogP contribution in [0.5, 0.6) is 0 Å². The monoisotopic (exact) mass is 260 g/mol. The summed E-state index contributed by atoms with van der Waals surface area (Å²) in [5.74, 6) is 0.805. The number of para-hydroxylation sites is 1. The van der Waals surface area contributed by atoms with E-state index in [1.165, 1.54) is 0 Å².